The summed E-state index contributed by atoms with van der Waals surface area (Å²) in [6, 6.07) is 0.771. The molecule has 19 heavy (non-hydrogen) atoms. The quantitative estimate of drug-likeness (QED) is 0.748. The standard InChI is InChI=1S/C17H33NO/c1-3-12-18-16-9-6-8-15(16)11-13-19-17-10-5-4-7-14(17)2/h14-18H,3-13H2,1-2H3. The highest BCUT2D eigenvalue weighted by molar-refractivity contribution is 4.83. The first-order chi connectivity index (χ1) is 9.31. The van der Waals surface area contributed by atoms with Crippen LogP contribution in [-0.4, -0.2) is 25.3 Å². The molecular weight excluding hydrogens is 234 g/mol. The molecule has 0 heterocycles. The zero-order valence-corrected chi connectivity index (χ0v) is 13.0. The van der Waals surface area contributed by atoms with Gasteiger partial charge in [-0.05, 0) is 56.9 Å². The number of hydrogen-bond acceptors (Lipinski definition) is 2. The van der Waals surface area contributed by atoms with E-state index in [1.807, 2.05) is 0 Å². The summed E-state index contributed by atoms with van der Waals surface area (Å²) in [4.78, 5) is 0. The molecule has 0 aromatic carbocycles. The Morgan fingerprint density at radius 1 is 1.05 bits per heavy atom. The molecule has 4 atom stereocenters. The van der Waals surface area contributed by atoms with Gasteiger partial charge in [-0.25, -0.2) is 0 Å². The molecule has 0 radical (unpaired) electrons. The van der Waals surface area contributed by atoms with Crippen LogP contribution >= 0.6 is 0 Å². The van der Waals surface area contributed by atoms with Crippen molar-refractivity contribution in [2.75, 3.05) is 13.2 Å². The SMILES string of the molecule is CCCNC1CCCC1CCOC1CCCCC1C. The molecule has 2 aliphatic rings. The van der Waals surface area contributed by atoms with Gasteiger partial charge in [0.1, 0.15) is 0 Å². The lowest BCUT2D eigenvalue weighted by atomic mass is 9.88. The van der Waals surface area contributed by atoms with Crippen LogP contribution < -0.4 is 5.32 Å². The van der Waals surface area contributed by atoms with Gasteiger partial charge in [0.15, 0.2) is 0 Å². The van der Waals surface area contributed by atoms with Crippen molar-refractivity contribution in [2.45, 2.75) is 83.8 Å². The fourth-order valence-electron chi connectivity index (χ4n) is 3.88. The molecule has 1 N–H and O–H groups in total. The normalized spacial score (nSPS) is 35.7. The number of ether oxygens (including phenoxy) is 1. The first kappa shape index (κ1) is 15.3. The second kappa shape index (κ2) is 8.26. The van der Waals surface area contributed by atoms with Gasteiger partial charge in [-0.3, -0.25) is 0 Å². The number of hydrogen-bond donors (Lipinski definition) is 1. The predicted molar refractivity (Wildman–Crippen MR) is 81.4 cm³/mol. The highest BCUT2D eigenvalue weighted by Crippen LogP contribution is 2.30. The van der Waals surface area contributed by atoms with Crippen LogP contribution in [0.4, 0.5) is 0 Å². The van der Waals surface area contributed by atoms with E-state index < -0.39 is 0 Å². The minimum absolute atomic E-state index is 0.553. The van der Waals surface area contributed by atoms with Gasteiger partial charge in [-0.1, -0.05) is 33.1 Å². The van der Waals surface area contributed by atoms with Gasteiger partial charge in [0.05, 0.1) is 6.10 Å². The molecule has 0 aromatic heterocycles. The molecule has 2 heteroatoms. The first-order valence-corrected chi connectivity index (χ1v) is 8.66. The average Bonchev–Trinajstić information content (AvgIpc) is 2.86. The molecule has 2 nitrogen and oxygen atoms in total. The van der Waals surface area contributed by atoms with Gasteiger partial charge in [-0.15, -0.1) is 0 Å². The van der Waals surface area contributed by atoms with Crippen molar-refractivity contribution in [3.63, 3.8) is 0 Å². The highest BCUT2D eigenvalue weighted by atomic mass is 16.5. The molecule has 0 aliphatic heterocycles. The summed E-state index contributed by atoms with van der Waals surface area (Å²) in [6.45, 7) is 6.79. The molecule has 2 aliphatic carbocycles. The molecule has 0 bridgehead atoms. The van der Waals surface area contributed by atoms with Crippen molar-refractivity contribution in [3.05, 3.63) is 0 Å². The molecule has 4 unspecified atom stereocenters. The smallest absolute Gasteiger partial charge is 0.0600 e. The van der Waals surface area contributed by atoms with Crippen LogP contribution in [0.25, 0.3) is 0 Å². The third kappa shape index (κ3) is 4.75. The summed E-state index contributed by atoms with van der Waals surface area (Å²) in [7, 11) is 0. The van der Waals surface area contributed by atoms with Crippen LogP contribution in [0.15, 0.2) is 0 Å². The first-order valence-electron chi connectivity index (χ1n) is 8.66. The third-order valence-corrected chi connectivity index (χ3v) is 5.17. The van der Waals surface area contributed by atoms with Crippen molar-refractivity contribution < 1.29 is 4.74 Å². The van der Waals surface area contributed by atoms with Crippen molar-refractivity contribution in [1.29, 1.82) is 0 Å². The molecule has 2 fully saturated rings. The van der Waals surface area contributed by atoms with Gasteiger partial charge >= 0.3 is 0 Å². The Kier molecular flexibility index (Phi) is 6.66. The summed E-state index contributed by atoms with van der Waals surface area (Å²) in [5, 5.41) is 3.72. The van der Waals surface area contributed by atoms with Crippen molar-refractivity contribution in [2.24, 2.45) is 11.8 Å². The van der Waals surface area contributed by atoms with E-state index in [4.69, 9.17) is 4.74 Å². The number of rotatable bonds is 7. The fourth-order valence-corrected chi connectivity index (χ4v) is 3.88. The van der Waals surface area contributed by atoms with Crippen molar-refractivity contribution >= 4 is 0 Å². The van der Waals surface area contributed by atoms with E-state index in [1.165, 1.54) is 64.3 Å². The van der Waals surface area contributed by atoms with Crippen LogP contribution in [0.5, 0.6) is 0 Å². The summed E-state index contributed by atoms with van der Waals surface area (Å²) >= 11 is 0. The summed E-state index contributed by atoms with van der Waals surface area (Å²) in [5.74, 6) is 1.65. The Hall–Kier alpha value is -0.0800. The predicted octanol–water partition coefficient (Wildman–Crippen LogP) is 4.14. The van der Waals surface area contributed by atoms with Crippen LogP contribution in [-0.2, 0) is 4.74 Å². The second-order valence-corrected chi connectivity index (χ2v) is 6.71. The minimum atomic E-state index is 0.553. The van der Waals surface area contributed by atoms with E-state index >= 15 is 0 Å². The van der Waals surface area contributed by atoms with E-state index in [2.05, 4.69) is 19.2 Å². The Bertz CT molecular complexity index is 243. The average molecular weight is 267 g/mol. The Balaban J connectivity index is 1.64. The summed E-state index contributed by atoms with van der Waals surface area (Å²) in [5.41, 5.74) is 0. The molecule has 0 aromatic rings. The molecule has 0 amide bonds. The lowest BCUT2D eigenvalue weighted by Crippen LogP contribution is -2.34. The zero-order chi connectivity index (χ0) is 13.5. The maximum absolute atomic E-state index is 6.18. The maximum Gasteiger partial charge on any atom is 0.0600 e. The maximum atomic E-state index is 6.18. The second-order valence-electron chi connectivity index (χ2n) is 6.71. The molecule has 2 rings (SSSR count). The lowest BCUT2D eigenvalue weighted by Gasteiger charge is -2.29. The van der Waals surface area contributed by atoms with Gasteiger partial charge < -0.3 is 10.1 Å². The Labute approximate surface area is 119 Å². The van der Waals surface area contributed by atoms with E-state index in [1.54, 1.807) is 0 Å². The highest BCUT2D eigenvalue weighted by Gasteiger charge is 2.27. The van der Waals surface area contributed by atoms with E-state index in [9.17, 15) is 0 Å². The van der Waals surface area contributed by atoms with Gasteiger partial charge in [-0.2, -0.15) is 0 Å². The monoisotopic (exact) mass is 267 g/mol. The fraction of sp³-hybridized carbons (Fsp3) is 1.00. The molecule has 0 saturated heterocycles. The zero-order valence-electron chi connectivity index (χ0n) is 13.0. The van der Waals surface area contributed by atoms with Gasteiger partial charge in [0, 0.05) is 12.6 Å². The molecule has 2 saturated carbocycles. The van der Waals surface area contributed by atoms with Crippen LogP contribution in [0.2, 0.25) is 0 Å². The van der Waals surface area contributed by atoms with Crippen LogP contribution in [0, 0.1) is 11.8 Å². The molecule has 0 spiro atoms. The van der Waals surface area contributed by atoms with Gasteiger partial charge in [0.2, 0.25) is 0 Å². The Morgan fingerprint density at radius 3 is 2.68 bits per heavy atom. The van der Waals surface area contributed by atoms with Crippen molar-refractivity contribution in [1.82, 2.24) is 5.32 Å². The van der Waals surface area contributed by atoms with E-state index in [0.29, 0.717) is 6.10 Å². The largest absolute Gasteiger partial charge is 0.378 e. The van der Waals surface area contributed by atoms with E-state index in [-0.39, 0.29) is 0 Å². The van der Waals surface area contributed by atoms with Crippen molar-refractivity contribution in [3.8, 4) is 0 Å². The minimum Gasteiger partial charge on any atom is -0.378 e. The summed E-state index contributed by atoms with van der Waals surface area (Å²) in [6.07, 6.45) is 12.7. The third-order valence-electron chi connectivity index (χ3n) is 5.17. The Morgan fingerprint density at radius 2 is 1.89 bits per heavy atom. The number of nitrogens with one attached hydrogen (secondary N) is 1. The topological polar surface area (TPSA) is 21.3 Å². The van der Waals surface area contributed by atoms with Crippen LogP contribution in [0.1, 0.15) is 71.6 Å². The molecular formula is C17H33NO. The van der Waals surface area contributed by atoms with Gasteiger partial charge in [0.25, 0.3) is 0 Å². The summed E-state index contributed by atoms with van der Waals surface area (Å²) < 4.78 is 6.18. The van der Waals surface area contributed by atoms with E-state index in [0.717, 1.165) is 24.5 Å². The van der Waals surface area contributed by atoms with Crippen LogP contribution in [0.3, 0.4) is 0 Å². The molecule has 112 valence electrons. The lowest BCUT2D eigenvalue weighted by molar-refractivity contribution is -0.0112.